The highest BCUT2D eigenvalue weighted by atomic mass is 16.5. The molecule has 1 fully saturated rings. The van der Waals surface area contributed by atoms with Crippen LogP contribution in [0, 0.1) is 0 Å². The summed E-state index contributed by atoms with van der Waals surface area (Å²) in [5, 5.41) is 8.66. The van der Waals surface area contributed by atoms with Crippen molar-refractivity contribution in [3.63, 3.8) is 0 Å². The van der Waals surface area contributed by atoms with Crippen LogP contribution in [0.5, 0.6) is 0 Å². The zero-order valence-electron chi connectivity index (χ0n) is 8.11. The molecule has 1 aliphatic heterocycles. The van der Waals surface area contributed by atoms with Gasteiger partial charge in [0.25, 0.3) is 0 Å². The molecule has 1 saturated heterocycles. The van der Waals surface area contributed by atoms with Crippen LogP contribution in [0.1, 0.15) is 12.8 Å². The van der Waals surface area contributed by atoms with Crippen LogP contribution in [0.4, 0.5) is 0 Å². The molecule has 1 heterocycles. The second-order valence-electron chi connectivity index (χ2n) is 3.52. The van der Waals surface area contributed by atoms with Crippen molar-refractivity contribution in [3.05, 3.63) is 0 Å². The van der Waals surface area contributed by atoms with Crippen molar-refractivity contribution in [2.45, 2.75) is 18.9 Å². The van der Waals surface area contributed by atoms with Gasteiger partial charge >= 0.3 is 0 Å². The van der Waals surface area contributed by atoms with Gasteiger partial charge in [-0.1, -0.05) is 0 Å². The van der Waals surface area contributed by atoms with E-state index in [0.717, 1.165) is 39.3 Å². The summed E-state index contributed by atoms with van der Waals surface area (Å²) in [6.07, 6.45) is 1.69. The van der Waals surface area contributed by atoms with Crippen molar-refractivity contribution in [2.75, 3.05) is 39.5 Å². The lowest BCUT2D eigenvalue weighted by atomic mass is 10.1. The lowest BCUT2D eigenvalue weighted by molar-refractivity contribution is 0.0363. The van der Waals surface area contributed by atoms with Crippen LogP contribution in [-0.2, 0) is 4.74 Å². The molecule has 1 rings (SSSR count). The average molecular weight is 188 g/mol. The molecule has 3 N–H and O–H groups in total. The Bertz CT molecular complexity index is 127. The summed E-state index contributed by atoms with van der Waals surface area (Å²) in [5.74, 6) is 0. The van der Waals surface area contributed by atoms with Crippen molar-refractivity contribution >= 4 is 0 Å². The van der Waals surface area contributed by atoms with E-state index in [4.69, 9.17) is 15.6 Å². The van der Waals surface area contributed by atoms with Crippen LogP contribution in [-0.4, -0.2) is 55.5 Å². The summed E-state index contributed by atoms with van der Waals surface area (Å²) >= 11 is 0. The van der Waals surface area contributed by atoms with Crippen LogP contribution < -0.4 is 5.73 Å². The predicted molar refractivity (Wildman–Crippen MR) is 51.6 cm³/mol. The maximum atomic E-state index is 8.66. The third-order valence-corrected chi connectivity index (χ3v) is 2.42. The lowest BCUT2D eigenvalue weighted by Crippen LogP contribution is -2.39. The van der Waals surface area contributed by atoms with E-state index in [0.29, 0.717) is 6.42 Å². The Labute approximate surface area is 79.7 Å². The Morgan fingerprint density at radius 2 is 2.00 bits per heavy atom. The van der Waals surface area contributed by atoms with E-state index in [1.165, 1.54) is 0 Å². The fourth-order valence-electron chi connectivity index (χ4n) is 1.48. The van der Waals surface area contributed by atoms with Crippen molar-refractivity contribution in [2.24, 2.45) is 5.73 Å². The fraction of sp³-hybridized carbons (Fsp3) is 1.00. The van der Waals surface area contributed by atoms with E-state index in [2.05, 4.69) is 4.90 Å². The van der Waals surface area contributed by atoms with Crippen molar-refractivity contribution in [1.82, 2.24) is 4.90 Å². The molecule has 0 aromatic heterocycles. The smallest absolute Gasteiger partial charge is 0.0594 e. The van der Waals surface area contributed by atoms with E-state index in [1.807, 2.05) is 0 Å². The van der Waals surface area contributed by atoms with Gasteiger partial charge in [0.1, 0.15) is 0 Å². The number of morpholine rings is 1. The number of nitrogens with two attached hydrogens (primary N) is 1. The Morgan fingerprint density at radius 3 is 2.62 bits per heavy atom. The van der Waals surface area contributed by atoms with Crippen LogP contribution in [0.15, 0.2) is 0 Å². The number of aliphatic hydroxyl groups is 1. The maximum absolute atomic E-state index is 8.66. The third-order valence-electron chi connectivity index (χ3n) is 2.42. The molecule has 0 aliphatic carbocycles. The standard InChI is InChI=1S/C9H20N2O2/c10-9(2-6-12)1-3-11-4-7-13-8-5-11/h9,12H,1-8,10H2. The predicted octanol–water partition coefficient (Wildman–Crippen LogP) is -0.582. The molecule has 78 valence electrons. The highest BCUT2D eigenvalue weighted by Gasteiger charge is 2.11. The molecule has 4 heteroatoms. The molecule has 0 aromatic rings. The monoisotopic (exact) mass is 188 g/mol. The van der Waals surface area contributed by atoms with Crippen LogP contribution in [0.25, 0.3) is 0 Å². The second kappa shape index (κ2) is 6.32. The summed E-state index contributed by atoms with van der Waals surface area (Å²) in [6.45, 7) is 4.96. The van der Waals surface area contributed by atoms with E-state index in [1.54, 1.807) is 0 Å². The summed E-state index contributed by atoms with van der Waals surface area (Å²) in [5.41, 5.74) is 5.78. The normalized spacial score (nSPS) is 21.7. The van der Waals surface area contributed by atoms with Gasteiger partial charge in [-0.3, -0.25) is 4.90 Å². The number of hydrogen-bond donors (Lipinski definition) is 2. The Hall–Kier alpha value is -0.160. The number of nitrogens with zero attached hydrogens (tertiary/aromatic N) is 1. The first-order valence-corrected chi connectivity index (χ1v) is 4.99. The first kappa shape index (κ1) is 10.9. The topological polar surface area (TPSA) is 58.7 Å². The molecule has 0 saturated carbocycles. The van der Waals surface area contributed by atoms with E-state index < -0.39 is 0 Å². The number of rotatable bonds is 5. The quantitative estimate of drug-likeness (QED) is 0.606. The molecular weight excluding hydrogens is 168 g/mol. The molecule has 0 amide bonds. The molecule has 1 atom stereocenters. The van der Waals surface area contributed by atoms with Crippen molar-refractivity contribution in [3.8, 4) is 0 Å². The Balaban J connectivity index is 2.03. The minimum atomic E-state index is 0.146. The molecule has 0 bridgehead atoms. The van der Waals surface area contributed by atoms with Gasteiger partial charge in [0.05, 0.1) is 13.2 Å². The minimum Gasteiger partial charge on any atom is -0.396 e. The lowest BCUT2D eigenvalue weighted by Gasteiger charge is -2.27. The van der Waals surface area contributed by atoms with Gasteiger partial charge in [-0.2, -0.15) is 0 Å². The number of hydrogen-bond acceptors (Lipinski definition) is 4. The van der Waals surface area contributed by atoms with Crippen LogP contribution in [0.2, 0.25) is 0 Å². The van der Waals surface area contributed by atoms with Crippen molar-refractivity contribution in [1.29, 1.82) is 0 Å². The van der Waals surface area contributed by atoms with E-state index >= 15 is 0 Å². The maximum Gasteiger partial charge on any atom is 0.0594 e. The number of aliphatic hydroxyl groups excluding tert-OH is 1. The third kappa shape index (κ3) is 4.57. The zero-order chi connectivity index (χ0) is 9.52. The first-order valence-electron chi connectivity index (χ1n) is 4.99. The van der Waals surface area contributed by atoms with Crippen LogP contribution >= 0.6 is 0 Å². The van der Waals surface area contributed by atoms with Gasteiger partial charge in [-0.05, 0) is 19.4 Å². The van der Waals surface area contributed by atoms with Gasteiger partial charge in [0.2, 0.25) is 0 Å². The summed E-state index contributed by atoms with van der Waals surface area (Å²) < 4.78 is 5.24. The SMILES string of the molecule is NC(CCO)CCN1CCOCC1. The Morgan fingerprint density at radius 1 is 1.31 bits per heavy atom. The summed E-state index contributed by atoms with van der Waals surface area (Å²) in [4.78, 5) is 2.36. The molecule has 1 aliphatic rings. The highest BCUT2D eigenvalue weighted by molar-refractivity contribution is 4.67. The van der Waals surface area contributed by atoms with E-state index in [9.17, 15) is 0 Å². The van der Waals surface area contributed by atoms with E-state index in [-0.39, 0.29) is 12.6 Å². The fourth-order valence-corrected chi connectivity index (χ4v) is 1.48. The summed E-state index contributed by atoms with van der Waals surface area (Å²) in [7, 11) is 0. The molecule has 13 heavy (non-hydrogen) atoms. The molecule has 1 unspecified atom stereocenters. The summed E-state index contributed by atoms with van der Waals surface area (Å²) in [6, 6.07) is 0.146. The molecule has 0 radical (unpaired) electrons. The second-order valence-corrected chi connectivity index (χ2v) is 3.52. The van der Waals surface area contributed by atoms with Gasteiger partial charge < -0.3 is 15.6 Å². The van der Waals surface area contributed by atoms with Gasteiger partial charge in [0.15, 0.2) is 0 Å². The van der Waals surface area contributed by atoms with Gasteiger partial charge in [-0.15, -0.1) is 0 Å². The number of ether oxygens (including phenoxy) is 1. The molecule has 4 nitrogen and oxygen atoms in total. The van der Waals surface area contributed by atoms with Gasteiger partial charge in [-0.25, -0.2) is 0 Å². The largest absolute Gasteiger partial charge is 0.396 e. The van der Waals surface area contributed by atoms with Gasteiger partial charge in [0, 0.05) is 25.7 Å². The average Bonchev–Trinajstić information content (AvgIpc) is 2.17. The highest BCUT2D eigenvalue weighted by Crippen LogP contribution is 2.01. The molecule has 0 spiro atoms. The van der Waals surface area contributed by atoms with Crippen molar-refractivity contribution < 1.29 is 9.84 Å². The minimum absolute atomic E-state index is 0.146. The molecule has 0 aromatic carbocycles. The zero-order valence-corrected chi connectivity index (χ0v) is 8.11. The van der Waals surface area contributed by atoms with Crippen LogP contribution in [0.3, 0.4) is 0 Å². The first-order chi connectivity index (χ1) is 6.33. The Kier molecular flexibility index (Phi) is 5.31. The molecular formula is C9H20N2O2.